The number of amidine groups is 2. The maximum Gasteiger partial charge on any atom is 0.283 e. The Morgan fingerprint density at radius 1 is 1.22 bits per heavy atom. The van der Waals surface area contributed by atoms with Crippen LogP contribution in [0.4, 0.5) is 0 Å². The van der Waals surface area contributed by atoms with Gasteiger partial charge in [0.25, 0.3) is 5.91 Å². The molecule has 1 N–H and O–H groups in total. The molecule has 1 atom stereocenters. The number of nitrogens with zero attached hydrogens (tertiary/aromatic N) is 4. The van der Waals surface area contributed by atoms with Gasteiger partial charge in [-0.05, 0) is 79.1 Å². The average molecular weight is 466 g/mol. The molecule has 32 heavy (non-hydrogen) atoms. The van der Waals surface area contributed by atoms with Crippen LogP contribution >= 0.6 is 23.5 Å². The van der Waals surface area contributed by atoms with Crippen molar-refractivity contribution < 1.29 is 4.79 Å². The number of aliphatic imine (C=N–C) groups is 1. The smallest absolute Gasteiger partial charge is 0.283 e. The van der Waals surface area contributed by atoms with Crippen LogP contribution < -0.4 is 0 Å². The molecule has 0 radical (unpaired) electrons. The van der Waals surface area contributed by atoms with E-state index >= 15 is 0 Å². The molecule has 1 amide bonds. The molecule has 8 heteroatoms. The van der Waals surface area contributed by atoms with E-state index in [2.05, 4.69) is 59.7 Å². The van der Waals surface area contributed by atoms with Crippen LogP contribution in [0.25, 0.3) is 11.8 Å². The van der Waals surface area contributed by atoms with Gasteiger partial charge in [-0.2, -0.15) is 10.0 Å². The zero-order valence-corrected chi connectivity index (χ0v) is 20.6. The zero-order chi connectivity index (χ0) is 23.0. The Balaban J connectivity index is 1.67. The van der Waals surface area contributed by atoms with Gasteiger partial charge in [-0.25, -0.2) is 0 Å². The highest BCUT2D eigenvalue weighted by Gasteiger charge is 2.35. The quantitative estimate of drug-likeness (QED) is 0.555. The number of nitrogens with one attached hydrogen (secondary N) is 1. The summed E-state index contributed by atoms with van der Waals surface area (Å²) in [5.41, 5.74) is 5.67. The fraction of sp³-hybridized carbons (Fsp3) is 0.333. The maximum atomic E-state index is 12.7. The van der Waals surface area contributed by atoms with Gasteiger partial charge in [0.15, 0.2) is 10.2 Å². The van der Waals surface area contributed by atoms with Crippen molar-refractivity contribution in [3.05, 3.63) is 58.4 Å². The Morgan fingerprint density at radius 3 is 2.59 bits per heavy atom. The Labute approximate surface area is 197 Å². The molecule has 0 aliphatic carbocycles. The van der Waals surface area contributed by atoms with Crippen LogP contribution in [0.15, 0.2) is 46.0 Å². The molecule has 3 heterocycles. The molecule has 6 nitrogen and oxygen atoms in total. The van der Waals surface area contributed by atoms with Gasteiger partial charge in [-0.15, -0.1) is 5.10 Å². The SMILES string of the molecule is CCSC1=NN2C(=N)C(=Cc3cc(C)n(-c4ccc(C(C)CC)cc4)c3C)C(=O)N=C2S1. The van der Waals surface area contributed by atoms with Crippen molar-refractivity contribution in [1.82, 2.24) is 9.58 Å². The Morgan fingerprint density at radius 2 is 1.94 bits per heavy atom. The van der Waals surface area contributed by atoms with Gasteiger partial charge in [0.2, 0.25) is 5.17 Å². The lowest BCUT2D eigenvalue weighted by Crippen LogP contribution is -2.35. The second-order valence-corrected chi connectivity index (χ2v) is 10.3. The van der Waals surface area contributed by atoms with Gasteiger partial charge in [0, 0.05) is 17.1 Å². The van der Waals surface area contributed by atoms with Gasteiger partial charge in [0.05, 0.1) is 5.57 Å². The number of rotatable bonds is 5. The molecular weight excluding hydrogens is 438 g/mol. The van der Waals surface area contributed by atoms with Crippen molar-refractivity contribution in [1.29, 1.82) is 5.41 Å². The van der Waals surface area contributed by atoms with Crippen LogP contribution in [-0.4, -0.2) is 36.6 Å². The third-order valence-electron chi connectivity index (χ3n) is 5.81. The zero-order valence-electron chi connectivity index (χ0n) is 19.0. The van der Waals surface area contributed by atoms with Crippen molar-refractivity contribution in [3.63, 3.8) is 0 Å². The number of amides is 1. The van der Waals surface area contributed by atoms with Crippen LogP contribution in [0, 0.1) is 19.3 Å². The van der Waals surface area contributed by atoms with Crippen LogP contribution in [0.2, 0.25) is 0 Å². The summed E-state index contributed by atoms with van der Waals surface area (Å²) in [6.07, 6.45) is 2.88. The van der Waals surface area contributed by atoms with E-state index in [-0.39, 0.29) is 11.4 Å². The summed E-state index contributed by atoms with van der Waals surface area (Å²) in [5, 5.41) is 14.9. The second-order valence-electron chi connectivity index (χ2n) is 7.88. The number of carbonyl (C=O) groups is 1. The highest BCUT2D eigenvalue weighted by molar-refractivity contribution is 8.45. The lowest BCUT2D eigenvalue weighted by molar-refractivity contribution is -0.114. The van der Waals surface area contributed by atoms with Crippen LogP contribution in [0.5, 0.6) is 0 Å². The number of aryl methyl sites for hydroxylation is 1. The molecule has 0 spiro atoms. The third-order valence-corrected chi connectivity index (χ3v) is 7.73. The highest BCUT2D eigenvalue weighted by atomic mass is 32.2. The van der Waals surface area contributed by atoms with Crippen molar-refractivity contribution >= 4 is 50.9 Å². The van der Waals surface area contributed by atoms with Crippen molar-refractivity contribution in [2.45, 2.75) is 47.0 Å². The van der Waals surface area contributed by atoms with Crippen LogP contribution in [-0.2, 0) is 4.79 Å². The van der Waals surface area contributed by atoms with Crippen molar-refractivity contribution in [2.24, 2.45) is 10.1 Å². The second kappa shape index (κ2) is 9.11. The fourth-order valence-corrected chi connectivity index (χ4v) is 5.66. The van der Waals surface area contributed by atoms with Gasteiger partial charge in [0.1, 0.15) is 0 Å². The summed E-state index contributed by atoms with van der Waals surface area (Å²) in [6.45, 7) is 10.6. The fourth-order valence-electron chi connectivity index (χ4n) is 3.83. The highest BCUT2D eigenvalue weighted by Crippen LogP contribution is 2.33. The molecule has 0 fully saturated rings. The number of thioether (sulfide) groups is 2. The molecule has 0 bridgehead atoms. The van der Waals surface area contributed by atoms with Crippen LogP contribution in [0.3, 0.4) is 0 Å². The Bertz CT molecular complexity index is 1170. The molecule has 1 unspecified atom stereocenters. The van der Waals surface area contributed by atoms with E-state index in [1.54, 1.807) is 17.8 Å². The first-order valence-corrected chi connectivity index (χ1v) is 12.6. The van der Waals surface area contributed by atoms with Gasteiger partial charge < -0.3 is 4.57 Å². The number of benzene rings is 1. The molecule has 0 saturated heterocycles. The van der Waals surface area contributed by atoms with Crippen molar-refractivity contribution in [3.8, 4) is 5.69 Å². The first-order valence-electron chi connectivity index (χ1n) is 10.8. The van der Waals surface area contributed by atoms with E-state index in [1.165, 1.54) is 22.3 Å². The predicted octanol–water partition coefficient (Wildman–Crippen LogP) is 5.94. The number of carbonyl (C=O) groups excluding carboxylic acids is 1. The van der Waals surface area contributed by atoms with Crippen molar-refractivity contribution in [2.75, 3.05) is 5.75 Å². The van der Waals surface area contributed by atoms with E-state index in [0.717, 1.165) is 39.2 Å². The summed E-state index contributed by atoms with van der Waals surface area (Å²) >= 11 is 2.92. The van der Waals surface area contributed by atoms with E-state index in [0.29, 0.717) is 11.1 Å². The first-order chi connectivity index (χ1) is 15.3. The molecular formula is C24H27N5OS2. The number of hydrogen-bond acceptors (Lipinski definition) is 5. The molecule has 1 aromatic heterocycles. The van der Waals surface area contributed by atoms with Gasteiger partial charge in [-0.1, -0.05) is 44.7 Å². The number of aromatic nitrogens is 1. The maximum absolute atomic E-state index is 12.7. The molecule has 2 aromatic rings. The summed E-state index contributed by atoms with van der Waals surface area (Å²) in [4.78, 5) is 16.9. The van der Waals surface area contributed by atoms with E-state index < -0.39 is 5.91 Å². The summed E-state index contributed by atoms with van der Waals surface area (Å²) in [7, 11) is 0. The molecule has 2 aliphatic heterocycles. The molecule has 0 saturated carbocycles. The van der Waals surface area contributed by atoms with Crippen LogP contribution in [0.1, 0.15) is 55.6 Å². The predicted molar refractivity (Wildman–Crippen MR) is 137 cm³/mol. The standard InChI is InChI=1S/C24H27N5OS2/c1-6-14(3)17-8-10-19(11-9-17)28-15(4)12-18(16(28)5)13-20-21(25)29-23(26-22(20)30)32-24(27-29)31-7-2/h8-14,25H,6-7H2,1-5H3. The normalized spacial score (nSPS) is 18.2. The minimum Gasteiger partial charge on any atom is -0.318 e. The Kier molecular flexibility index (Phi) is 6.44. The monoisotopic (exact) mass is 465 g/mol. The summed E-state index contributed by atoms with van der Waals surface area (Å²) < 4.78 is 2.99. The minimum absolute atomic E-state index is 0.0712. The summed E-state index contributed by atoms with van der Waals surface area (Å²) in [6, 6.07) is 10.7. The molecule has 1 aromatic carbocycles. The first kappa shape index (κ1) is 22.6. The Hall–Kier alpha value is -2.58. The molecule has 166 valence electrons. The third kappa shape index (κ3) is 4.09. The van der Waals surface area contributed by atoms with E-state index in [1.807, 2.05) is 19.9 Å². The summed E-state index contributed by atoms with van der Waals surface area (Å²) in [5.74, 6) is 1.09. The lowest BCUT2D eigenvalue weighted by atomic mass is 9.98. The average Bonchev–Trinajstić information content (AvgIpc) is 3.30. The number of hydrazone groups is 1. The lowest BCUT2D eigenvalue weighted by Gasteiger charge is -2.20. The van der Waals surface area contributed by atoms with Gasteiger partial charge >= 0.3 is 0 Å². The molecule has 4 rings (SSSR count). The largest absolute Gasteiger partial charge is 0.318 e. The molecule has 2 aliphatic rings. The van der Waals surface area contributed by atoms with E-state index in [4.69, 9.17) is 5.41 Å². The van der Waals surface area contributed by atoms with Gasteiger partial charge in [-0.3, -0.25) is 10.2 Å². The number of hydrogen-bond donors (Lipinski definition) is 1. The minimum atomic E-state index is -0.394. The number of fused-ring (bicyclic) bond motifs is 1. The topological polar surface area (TPSA) is 73.8 Å². The van der Waals surface area contributed by atoms with E-state index in [9.17, 15) is 4.79 Å².